The predicted molar refractivity (Wildman–Crippen MR) is 128 cm³/mol. The number of amides is 2. The lowest BCUT2D eigenvalue weighted by molar-refractivity contribution is -0.122. The van der Waals surface area contributed by atoms with Gasteiger partial charge in [0.1, 0.15) is 5.00 Å². The Bertz CT molecular complexity index is 995. The smallest absolute Gasteiger partial charge is 0.341 e. The number of benzene rings is 1. The van der Waals surface area contributed by atoms with Gasteiger partial charge in [0.15, 0.2) is 0 Å². The fourth-order valence-corrected chi connectivity index (χ4v) is 5.61. The van der Waals surface area contributed by atoms with Gasteiger partial charge in [-0.2, -0.15) is 0 Å². The summed E-state index contributed by atoms with van der Waals surface area (Å²) in [6.07, 6.45) is 1.99. The normalized spacial score (nSPS) is 18.1. The zero-order valence-electron chi connectivity index (χ0n) is 18.3. The van der Waals surface area contributed by atoms with Crippen LogP contribution >= 0.6 is 23.7 Å². The number of rotatable bonds is 6. The zero-order chi connectivity index (χ0) is 22.0. The summed E-state index contributed by atoms with van der Waals surface area (Å²) in [7, 11) is 1.36. The van der Waals surface area contributed by atoms with Crippen LogP contribution in [-0.2, 0) is 27.3 Å². The lowest BCUT2D eigenvalue weighted by atomic mass is 10.0. The summed E-state index contributed by atoms with van der Waals surface area (Å²) in [4.78, 5) is 43.2. The highest BCUT2D eigenvalue weighted by molar-refractivity contribution is 7.17. The number of carbonyl (C=O) groups is 3. The van der Waals surface area contributed by atoms with Gasteiger partial charge >= 0.3 is 5.97 Å². The number of anilines is 2. The summed E-state index contributed by atoms with van der Waals surface area (Å²) >= 11 is 1.45. The van der Waals surface area contributed by atoms with E-state index in [1.54, 1.807) is 4.90 Å². The first-order valence-corrected chi connectivity index (χ1v) is 11.4. The maximum Gasteiger partial charge on any atom is 0.341 e. The molecule has 32 heavy (non-hydrogen) atoms. The molecule has 0 aliphatic carbocycles. The van der Waals surface area contributed by atoms with Crippen LogP contribution in [0.1, 0.15) is 40.6 Å². The standard InChI is InChI=1S/C23H27N3O4S.ClH/c1-3-10-25-11-9-17-18(14-25)31-22(20(17)23(29)30-2)24-21(28)15-12-19(27)26(13-15)16-7-5-4-6-8-16;/h4-8,15H,3,9-14H2,1-2H3,(H,24,28);1H. The molecule has 4 rings (SSSR count). The molecular formula is C23H28ClN3O4S. The fraction of sp³-hybridized carbons (Fsp3) is 0.435. The van der Waals surface area contributed by atoms with Crippen molar-refractivity contribution in [3.05, 3.63) is 46.3 Å². The molecule has 1 atom stereocenters. The SMILES string of the molecule is CCCN1CCc2c(sc(NC(=O)C3CC(=O)N(c4ccccc4)C3)c2C(=O)OC)C1.Cl. The Morgan fingerprint density at radius 3 is 2.69 bits per heavy atom. The second-order valence-electron chi connectivity index (χ2n) is 7.96. The van der Waals surface area contributed by atoms with E-state index < -0.39 is 11.9 Å². The molecule has 1 fully saturated rings. The van der Waals surface area contributed by atoms with E-state index in [0.717, 1.165) is 48.6 Å². The Labute approximate surface area is 198 Å². The summed E-state index contributed by atoms with van der Waals surface area (Å²) in [5.74, 6) is -1.19. The second kappa shape index (κ2) is 10.5. The molecule has 3 heterocycles. The molecule has 1 aromatic carbocycles. The zero-order valence-corrected chi connectivity index (χ0v) is 19.9. The number of carbonyl (C=O) groups excluding carboxylic acids is 3. The van der Waals surface area contributed by atoms with E-state index in [4.69, 9.17) is 4.74 Å². The number of esters is 1. The number of para-hydroxylation sites is 1. The molecule has 2 amide bonds. The number of thiophene rings is 1. The number of halogens is 1. The van der Waals surface area contributed by atoms with Gasteiger partial charge in [0.25, 0.3) is 0 Å². The third kappa shape index (κ3) is 4.82. The van der Waals surface area contributed by atoms with Crippen LogP contribution in [0.25, 0.3) is 0 Å². The molecule has 2 aliphatic heterocycles. The van der Waals surface area contributed by atoms with Crippen molar-refractivity contribution in [1.29, 1.82) is 0 Å². The van der Waals surface area contributed by atoms with Gasteiger partial charge in [-0.25, -0.2) is 4.79 Å². The number of nitrogens with one attached hydrogen (secondary N) is 1. The van der Waals surface area contributed by atoms with Crippen LogP contribution in [0.4, 0.5) is 10.7 Å². The highest BCUT2D eigenvalue weighted by Gasteiger charge is 2.36. The molecule has 172 valence electrons. The molecule has 1 N–H and O–H groups in total. The van der Waals surface area contributed by atoms with Gasteiger partial charge in [-0.05, 0) is 37.1 Å². The van der Waals surface area contributed by atoms with Crippen molar-refractivity contribution in [1.82, 2.24) is 4.90 Å². The summed E-state index contributed by atoms with van der Waals surface area (Å²) in [6, 6.07) is 9.36. The van der Waals surface area contributed by atoms with Crippen LogP contribution in [-0.4, -0.2) is 49.4 Å². The largest absolute Gasteiger partial charge is 0.465 e. The van der Waals surface area contributed by atoms with Gasteiger partial charge in [0, 0.05) is 36.6 Å². The third-order valence-electron chi connectivity index (χ3n) is 5.87. The number of hydrogen-bond donors (Lipinski definition) is 1. The molecule has 0 bridgehead atoms. The summed E-state index contributed by atoms with van der Waals surface area (Å²) < 4.78 is 5.02. The molecule has 0 saturated carbocycles. The van der Waals surface area contributed by atoms with Crippen LogP contribution < -0.4 is 10.2 Å². The van der Waals surface area contributed by atoms with E-state index in [0.29, 0.717) is 17.1 Å². The van der Waals surface area contributed by atoms with Crippen molar-refractivity contribution < 1.29 is 19.1 Å². The van der Waals surface area contributed by atoms with Crippen molar-refractivity contribution in [3.63, 3.8) is 0 Å². The highest BCUT2D eigenvalue weighted by Crippen LogP contribution is 2.38. The number of nitrogens with zero attached hydrogens (tertiary/aromatic N) is 2. The first-order chi connectivity index (χ1) is 15.0. The molecule has 7 nitrogen and oxygen atoms in total. The van der Waals surface area contributed by atoms with Crippen LogP contribution in [0, 0.1) is 5.92 Å². The summed E-state index contributed by atoms with van der Waals surface area (Å²) in [5.41, 5.74) is 2.24. The minimum absolute atomic E-state index is 0. The number of hydrogen-bond acceptors (Lipinski definition) is 6. The molecule has 9 heteroatoms. The highest BCUT2D eigenvalue weighted by atomic mass is 35.5. The Kier molecular flexibility index (Phi) is 7.92. The molecular weight excluding hydrogens is 450 g/mol. The minimum atomic E-state index is -0.464. The van der Waals surface area contributed by atoms with Gasteiger partial charge in [-0.3, -0.25) is 14.5 Å². The van der Waals surface area contributed by atoms with Crippen LogP contribution in [0.15, 0.2) is 30.3 Å². The Hall–Kier alpha value is -2.42. The van der Waals surface area contributed by atoms with Crippen LogP contribution in [0.3, 0.4) is 0 Å². The predicted octanol–water partition coefficient (Wildman–Crippen LogP) is 3.72. The number of ether oxygens (including phenoxy) is 1. The van der Waals surface area contributed by atoms with Crippen molar-refractivity contribution in [2.75, 3.05) is 37.0 Å². The van der Waals surface area contributed by atoms with E-state index in [-0.39, 0.29) is 30.6 Å². The molecule has 0 radical (unpaired) electrons. The van der Waals surface area contributed by atoms with Crippen LogP contribution in [0.5, 0.6) is 0 Å². The van der Waals surface area contributed by atoms with Crippen molar-refractivity contribution >= 4 is 52.2 Å². The van der Waals surface area contributed by atoms with Gasteiger partial charge < -0.3 is 15.0 Å². The Morgan fingerprint density at radius 2 is 2.00 bits per heavy atom. The molecule has 1 aromatic heterocycles. The minimum Gasteiger partial charge on any atom is -0.465 e. The monoisotopic (exact) mass is 477 g/mol. The molecule has 1 unspecified atom stereocenters. The molecule has 2 aliphatic rings. The van der Waals surface area contributed by atoms with Crippen molar-refractivity contribution in [2.45, 2.75) is 32.7 Å². The molecule has 2 aromatic rings. The second-order valence-corrected chi connectivity index (χ2v) is 9.06. The maximum absolute atomic E-state index is 13.0. The third-order valence-corrected chi connectivity index (χ3v) is 7.00. The van der Waals surface area contributed by atoms with Gasteiger partial charge in [0.2, 0.25) is 11.8 Å². The number of fused-ring (bicyclic) bond motifs is 1. The lowest BCUT2D eigenvalue weighted by Crippen LogP contribution is -2.31. The number of methoxy groups -OCH3 is 1. The average molecular weight is 478 g/mol. The molecule has 0 spiro atoms. The first-order valence-electron chi connectivity index (χ1n) is 10.6. The van der Waals surface area contributed by atoms with Crippen molar-refractivity contribution in [2.24, 2.45) is 5.92 Å². The van der Waals surface area contributed by atoms with Gasteiger partial charge in [0.05, 0.1) is 18.6 Å². The topological polar surface area (TPSA) is 79.0 Å². The summed E-state index contributed by atoms with van der Waals surface area (Å²) in [5, 5.41) is 3.48. The maximum atomic E-state index is 13.0. The first kappa shape index (κ1) is 24.2. The van der Waals surface area contributed by atoms with Crippen molar-refractivity contribution in [3.8, 4) is 0 Å². The van der Waals surface area contributed by atoms with E-state index in [1.807, 2.05) is 30.3 Å². The quantitative estimate of drug-likeness (QED) is 0.641. The lowest BCUT2D eigenvalue weighted by Gasteiger charge is -2.26. The van der Waals surface area contributed by atoms with Crippen LogP contribution in [0.2, 0.25) is 0 Å². The van der Waals surface area contributed by atoms with E-state index in [9.17, 15) is 14.4 Å². The fourth-order valence-electron chi connectivity index (χ4n) is 4.32. The molecule has 1 saturated heterocycles. The Balaban J connectivity index is 0.00000289. The van der Waals surface area contributed by atoms with E-state index in [2.05, 4.69) is 17.1 Å². The average Bonchev–Trinajstić information content (AvgIpc) is 3.34. The van der Waals surface area contributed by atoms with Gasteiger partial charge in [-0.1, -0.05) is 25.1 Å². The summed E-state index contributed by atoms with van der Waals surface area (Å²) in [6.45, 7) is 5.15. The Morgan fingerprint density at radius 1 is 1.25 bits per heavy atom. The van der Waals surface area contributed by atoms with E-state index >= 15 is 0 Å². The van der Waals surface area contributed by atoms with Gasteiger partial charge in [-0.15, -0.1) is 23.7 Å². The van der Waals surface area contributed by atoms with E-state index in [1.165, 1.54) is 18.4 Å².